The van der Waals surface area contributed by atoms with E-state index in [0.29, 0.717) is 0 Å². The molecule has 0 unspecified atom stereocenters. The highest BCUT2D eigenvalue weighted by Gasteiger charge is 2.40. The molecule has 246 valence electrons. The van der Waals surface area contributed by atoms with Crippen molar-refractivity contribution in [3.8, 4) is 16.8 Å². The standard InChI is InChI=1S/C49H34N2O/c1-49(2)39-28-25-31-15-9-10-20-35(31)45(39)47-40(49)30-43(48-46(47)38-22-12-14-24-44(38)52-48)50(32-16-5-3-6-17-32)34-26-27-37-36-21-11-13-23-41(36)51(42(37)29-34)33-18-7-4-8-19-33/h3-30H,1-2H3. The van der Waals surface area contributed by atoms with Gasteiger partial charge in [0.1, 0.15) is 5.58 Å². The van der Waals surface area contributed by atoms with Crippen LogP contribution in [0.4, 0.5) is 17.1 Å². The van der Waals surface area contributed by atoms with Crippen LogP contribution in [0.5, 0.6) is 0 Å². The van der Waals surface area contributed by atoms with Crippen LogP contribution in [0.1, 0.15) is 25.0 Å². The van der Waals surface area contributed by atoms with Gasteiger partial charge in [0.2, 0.25) is 0 Å². The van der Waals surface area contributed by atoms with Gasteiger partial charge in [0, 0.05) is 44.0 Å². The van der Waals surface area contributed by atoms with Gasteiger partial charge < -0.3 is 13.9 Å². The minimum Gasteiger partial charge on any atom is -0.454 e. The number of fused-ring (bicyclic) bond motifs is 12. The number of anilines is 3. The monoisotopic (exact) mass is 666 g/mol. The average molecular weight is 667 g/mol. The lowest BCUT2D eigenvalue weighted by molar-refractivity contribution is 0.657. The fraction of sp³-hybridized carbons (Fsp3) is 0.0612. The Balaban J connectivity index is 1.26. The van der Waals surface area contributed by atoms with Gasteiger partial charge in [0.05, 0.1) is 16.7 Å². The van der Waals surface area contributed by atoms with Crippen molar-refractivity contribution >= 4 is 71.6 Å². The molecule has 1 aliphatic rings. The maximum absolute atomic E-state index is 7.01. The summed E-state index contributed by atoms with van der Waals surface area (Å²) in [5.74, 6) is 0. The largest absolute Gasteiger partial charge is 0.454 e. The minimum absolute atomic E-state index is 0.234. The number of hydrogen-bond donors (Lipinski definition) is 0. The Bertz CT molecular complexity index is 3040. The first kappa shape index (κ1) is 29.2. The number of rotatable bonds is 4. The van der Waals surface area contributed by atoms with E-state index in [-0.39, 0.29) is 5.41 Å². The summed E-state index contributed by atoms with van der Waals surface area (Å²) in [5, 5.41) is 7.31. The van der Waals surface area contributed by atoms with Gasteiger partial charge in [-0.2, -0.15) is 0 Å². The number of aromatic nitrogens is 1. The summed E-state index contributed by atoms with van der Waals surface area (Å²) >= 11 is 0. The Morgan fingerprint density at radius 1 is 0.500 bits per heavy atom. The number of para-hydroxylation sites is 4. The zero-order valence-corrected chi connectivity index (χ0v) is 29.0. The first-order valence-electron chi connectivity index (χ1n) is 18.0. The van der Waals surface area contributed by atoms with Crippen molar-refractivity contribution < 1.29 is 4.42 Å². The van der Waals surface area contributed by atoms with Crippen molar-refractivity contribution in [3.05, 3.63) is 181 Å². The molecule has 3 heteroatoms. The van der Waals surface area contributed by atoms with Crippen LogP contribution in [0, 0.1) is 0 Å². The highest BCUT2D eigenvalue weighted by Crippen LogP contribution is 2.58. The van der Waals surface area contributed by atoms with Gasteiger partial charge >= 0.3 is 0 Å². The van der Waals surface area contributed by atoms with E-state index in [9.17, 15) is 0 Å². The van der Waals surface area contributed by atoms with Crippen LogP contribution in [0.3, 0.4) is 0 Å². The molecule has 0 saturated heterocycles. The highest BCUT2D eigenvalue weighted by molar-refractivity contribution is 6.22. The van der Waals surface area contributed by atoms with Crippen LogP contribution in [0.15, 0.2) is 174 Å². The van der Waals surface area contributed by atoms with Crippen molar-refractivity contribution in [2.75, 3.05) is 4.90 Å². The Hall–Kier alpha value is -6.58. The quantitative estimate of drug-likeness (QED) is 0.186. The van der Waals surface area contributed by atoms with Crippen LogP contribution in [0.25, 0.3) is 71.3 Å². The van der Waals surface area contributed by atoms with E-state index in [1.165, 1.54) is 54.7 Å². The smallest absolute Gasteiger partial charge is 0.160 e. The third-order valence-corrected chi connectivity index (χ3v) is 11.3. The van der Waals surface area contributed by atoms with Crippen LogP contribution in [0.2, 0.25) is 0 Å². The summed E-state index contributed by atoms with van der Waals surface area (Å²) in [6, 6.07) is 61.4. The lowest BCUT2D eigenvalue weighted by Crippen LogP contribution is -2.17. The summed E-state index contributed by atoms with van der Waals surface area (Å²) in [6.45, 7) is 4.75. The number of furan rings is 1. The molecule has 52 heavy (non-hydrogen) atoms. The molecule has 0 fully saturated rings. The molecule has 1 aliphatic carbocycles. The number of hydrogen-bond acceptors (Lipinski definition) is 2. The van der Waals surface area contributed by atoms with E-state index >= 15 is 0 Å². The number of nitrogens with zero attached hydrogens (tertiary/aromatic N) is 2. The molecular weight excluding hydrogens is 633 g/mol. The number of benzene rings is 8. The van der Waals surface area contributed by atoms with Crippen molar-refractivity contribution in [1.29, 1.82) is 0 Å². The molecule has 0 aliphatic heterocycles. The topological polar surface area (TPSA) is 21.3 Å². The molecule has 0 saturated carbocycles. The molecule has 0 amide bonds. The van der Waals surface area contributed by atoms with Crippen LogP contribution >= 0.6 is 0 Å². The van der Waals surface area contributed by atoms with Crippen molar-refractivity contribution in [1.82, 2.24) is 4.57 Å². The molecule has 11 rings (SSSR count). The predicted molar refractivity (Wildman–Crippen MR) is 218 cm³/mol. The fourth-order valence-corrected chi connectivity index (χ4v) is 8.97. The van der Waals surface area contributed by atoms with E-state index in [1.54, 1.807) is 0 Å². The Morgan fingerprint density at radius 2 is 1.17 bits per heavy atom. The lowest BCUT2D eigenvalue weighted by atomic mass is 9.81. The van der Waals surface area contributed by atoms with Crippen molar-refractivity contribution in [3.63, 3.8) is 0 Å². The van der Waals surface area contributed by atoms with Gasteiger partial charge in [-0.3, -0.25) is 0 Å². The molecule has 2 heterocycles. The molecule has 8 aromatic carbocycles. The van der Waals surface area contributed by atoms with E-state index in [4.69, 9.17) is 4.42 Å². The second-order valence-corrected chi connectivity index (χ2v) is 14.5. The van der Waals surface area contributed by atoms with Gasteiger partial charge in [0.15, 0.2) is 5.58 Å². The van der Waals surface area contributed by atoms with Gasteiger partial charge in [-0.1, -0.05) is 129 Å². The van der Waals surface area contributed by atoms with Gasteiger partial charge in [0.25, 0.3) is 0 Å². The van der Waals surface area contributed by atoms with Crippen LogP contribution < -0.4 is 4.90 Å². The second-order valence-electron chi connectivity index (χ2n) is 14.5. The average Bonchev–Trinajstić information content (AvgIpc) is 3.81. The van der Waals surface area contributed by atoms with E-state index in [1.807, 2.05) is 0 Å². The third kappa shape index (κ3) is 3.96. The Kier molecular flexibility index (Phi) is 6.01. The summed E-state index contributed by atoms with van der Waals surface area (Å²) in [5.41, 5.74) is 13.5. The second kappa shape index (κ2) is 10.7. The minimum atomic E-state index is -0.234. The first-order valence-corrected chi connectivity index (χ1v) is 18.0. The predicted octanol–water partition coefficient (Wildman–Crippen LogP) is 13.6. The van der Waals surface area contributed by atoms with Gasteiger partial charge in [-0.15, -0.1) is 0 Å². The van der Waals surface area contributed by atoms with E-state index in [2.05, 4.69) is 193 Å². The molecular formula is C49H34N2O. The molecule has 2 aromatic heterocycles. The SMILES string of the molecule is CC1(C)c2ccc3ccccc3c2-c2c1cc(N(c1ccccc1)c1ccc3c4ccccc4n(-c4ccccc4)c3c1)c1oc3ccccc3c21. The first-order chi connectivity index (χ1) is 25.6. The molecule has 0 bridgehead atoms. The summed E-state index contributed by atoms with van der Waals surface area (Å²) in [7, 11) is 0. The maximum Gasteiger partial charge on any atom is 0.160 e. The van der Waals surface area contributed by atoms with Crippen molar-refractivity contribution in [2.45, 2.75) is 19.3 Å². The summed E-state index contributed by atoms with van der Waals surface area (Å²) < 4.78 is 9.40. The summed E-state index contributed by atoms with van der Waals surface area (Å²) in [6.07, 6.45) is 0. The Morgan fingerprint density at radius 3 is 2.00 bits per heavy atom. The van der Waals surface area contributed by atoms with Gasteiger partial charge in [-0.25, -0.2) is 0 Å². The van der Waals surface area contributed by atoms with Crippen molar-refractivity contribution in [2.24, 2.45) is 0 Å². The van der Waals surface area contributed by atoms with Crippen LogP contribution in [-0.2, 0) is 5.41 Å². The summed E-state index contributed by atoms with van der Waals surface area (Å²) in [4.78, 5) is 2.40. The Labute approximate surface area is 301 Å². The molecule has 0 spiro atoms. The molecule has 10 aromatic rings. The third-order valence-electron chi connectivity index (χ3n) is 11.3. The molecule has 3 nitrogen and oxygen atoms in total. The lowest BCUT2D eigenvalue weighted by Gasteiger charge is -2.28. The molecule has 0 atom stereocenters. The highest BCUT2D eigenvalue weighted by atomic mass is 16.3. The fourth-order valence-electron chi connectivity index (χ4n) is 8.97. The van der Waals surface area contributed by atoms with E-state index in [0.717, 1.165) is 44.8 Å². The zero-order chi connectivity index (χ0) is 34.6. The van der Waals surface area contributed by atoms with E-state index < -0.39 is 0 Å². The van der Waals surface area contributed by atoms with Crippen LogP contribution in [-0.4, -0.2) is 4.57 Å². The molecule has 0 radical (unpaired) electrons. The normalized spacial score (nSPS) is 13.3. The molecule has 0 N–H and O–H groups in total. The van der Waals surface area contributed by atoms with Gasteiger partial charge in [-0.05, 0) is 87.6 Å². The maximum atomic E-state index is 7.01. The zero-order valence-electron chi connectivity index (χ0n) is 29.0.